The summed E-state index contributed by atoms with van der Waals surface area (Å²) in [5, 5.41) is 5.27. The van der Waals surface area contributed by atoms with Crippen LogP contribution in [0.4, 0.5) is 10.5 Å². The zero-order valence-electron chi connectivity index (χ0n) is 14.0. The first-order valence-electron chi connectivity index (χ1n) is 8.19. The molecule has 0 heterocycles. The van der Waals surface area contributed by atoms with Crippen molar-refractivity contribution in [3.05, 3.63) is 28.8 Å². The number of urea groups is 1. The molecule has 7 nitrogen and oxygen atoms in total. The summed E-state index contributed by atoms with van der Waals surface area (Å²) in [6.45, 7) is 1.49. The molecule has 0 radical (unpaired) electrons. The second-order valence-corrected chi connectivity index (χ2v) is 6.63. The van der Waals surface area contributed by atoms with Gasteiger partial charge in [-0.1, -0.05) is 31.4 Å². The maximum atomic E-state index is 11.9. The molecule has 136 valence electrons. The molecule has 2 atom stereocenters. The van der Waals surface area contributed by atoms with Crippen molar-refractivity contribution in [2.45, 2.75) is 38.6 Å². The van der Waals surface area contributed by atoms with Gasteiger partial charge in [-0.3, -0.25) is 10.1 Å². The van der Waals surface area contributed by atoms with Crippen LogP contribution in [0, 0.1) is 5.92 Å². The van der Waals surface area contributed by atoms with Crippen molar-refractivity contribution < 1.29 is 19.1 Å². The number of rotatable bonds is 4. The number of ether oxygens (including phenoxy) is 1. The van der Waals surface area contributed by atoms with Gasteiger partial charge in [0, 0.05) is 16.8 Å². The zero-order chi connectivity index (χ0) is 18.4. The monoisotopic (exact) mass is 367 g/mol. The summed E-state index contributed by atoms with van der Waals surface area (Å²) in [6, 6.07) is 3.83. The van der Waals surface area contributed by atoms with E-state index in [1.807, 2.05) is 0 Å². The highest BCUT2D eigenvalue weighted by Crippen LogP contribution is 2.23. The van der Waals surface area contributed by atoms with Gasteiger partial charge in [-0.05, 0) is 37.0 Å². The van der Waals surface area contributed by atoms with E-state index in [1.54, 1.807) is 0 Å². The van der Waals surface area contributed by atoms with Crippen LogP contribution in [-0.4, -0.2) is 30.6 Å². The Bertz CT molecular complexity index is 665. The molecule has 0 saturated heterocycles. The van der Waals surface area contributed by atoms with Gasteiger partial charge in [-0.25, -0.2) is 9.59 Å². The summed E-state index contributed by atoms with van der Waals surface area (Å²) < 4.78 is 4.87. The molecular formula is C17H22ClN3O4. The molecule has 1 aliphatic rings. The first-order valence-corrected chi connectivity index (χ1v) is 8.57. The van der Waals surface area contributed by atoms with Crippen LogP contribution in [0.3, 0.4) is 0 Å². The lowest BCUT2D eigenvalue weighted by atomic mass is 9.86. The maximum absolute atomic E-state index is 11.9. The Morgan fingerprint density at radius 2 is 2.00 bits per heavy atom. The van der Waals surface area contributed by atoms with Gasteiger partial charge >= 0.3 is 12.0 Å². The first-order chi connectivity index (χ1) is 11.9. The van der Waals surface area contributed by atoms with E-state index in [0.717, 1.165) is 25.7 Å². The Labute approximate surface area is 151 Å². The molecule has 0 aliphatic heterocycles. The Hall–Kier alpha value is -2.28. The first kappa shape index (κ1) is 19.1. The lowest BCUT2D eigenvalue weighted by Gasteiger charge is -2.29. The summed E-state index contributed by atoms with van der Waals surface area (Å²) >= 11 is 5.80. The normalized spacial score (nSPS) is 19.8. The Balaban J connectivity index is 1.79. The number of halogens is 1. The quantitative estimate of drug-likeness (QED) is 0.559. The molecule has 0 unspecified atom stereocenters. The Kier molecular flexibility index (Phi) is 6.64. The second kappa shape index (κ2) is 8.71. The molecule has 1 aromatic carbocycles. The molecule has 1 aromatic rings. The number of carbonyl (C=O) groups excluding carboxylic acids is 3. The SMILES string of the molecule is C[C@H]1CCCC[C@@H]1NC(=O)NC(=O)COC(=O)c1cc(Cl)ccc1N. The standard InChI is InChI=1S/C17H22ClN3O4/c1-10-4-2-3-5-14(10)20-17(24)21-15(22)9-25-16(23)12-8-11(18)6-7-13(12)19/h6-8,10,14H,2-5,9,19H2,1H3,(H2,20,21,22,24)/t10-,14-/m0/s1. The number of nitrogens with one attached hydrogen (secondary N) is 2. The molecule has 4 N–H and O–H groups in total. The highest BCUT2D eigenvalue weighted by atomic mass is 35.5. The van der Waals surface area contributed by atoms with Crippen LogP contribution in [0.5, 0.6) is 0 Å². The molecule has 3 amide bonds. The van der Waals surface area contributed by atoms with Gasteiger partial charge < -0.3 is 15.8 Å². The Morgan fingerprint density at radius 3 is 2.72 bits per heavy atom. The maximum Gasteiger partial charge on any atom is 0.340 e. The van der Waals surface area contributed by atoms with Crippen LogP contribution >= 0.6 is 11.6 Å². The van der Waals surface area contributed by atoms with Gasteiger partial charge in [0.1, 0.15) is 0 Å². The van der Waals surface area contributed by atoms with Crippen LogP contribution in [0.25, 0.3) is 0 Å². The van der Waals surface area contributed by atoms with E-state index >= 15 is 0 Å². The van der Waals surface area contributed by atoms with E-state index in [4.69, 9.17) is 22.1 Å². The fraction of sp³-hybridized carbons (Fsp3) is 0.471. The fourth-order valence-corrected chi connectivity index (χ4v) is 2.98. The summed E-state index contributed by atoms with van der Waals surface area (Å²) in [4.78, 5) is 35.5. The van der Waals surface area contributed by atoms with Crippen LogP contribution in [0.15, 0.2) is 18.2 Å². The molecule has 0 spiro atoms. The van der Waals surface area contributed by atoms with Gasteiger partial charge in [-0.15, -0.1) is 0 Å². The molecule has 8 heteroatoms. The van der Waals surface area contributed by atoms with Gasteiger partial charge in [0.25, 0.3) is 5.91 Å². The number of amides is 3. The van der Waals surface area contributed by atoms with E-state index < -0.39 is 24.5 Å². The third-order valence-electron chi connectivity index (χ3n) is 4.25. The van der Waals surface area contributed by atoms with Crippen molar-refractivity contribution in [3.63, 3.8) is 0 Å². The van der Waals surface area contributed by atoms with Gasteiger partial charge in [0.2, 0.25) is 0 Å². The third kappa shape index (κ3) is 5.63. The van der Waals surface area contributed by atoms with Gasteiger partial charge in [0.15, 0.2) is 6.61 Å². The number of hydrogen-bond donors (Lipinski definition) is 3. The highest BCUT2D eigenvalue weighted by Gasteiger charge is 2.23. The van der Waals surface area contributed by atoms with Crippen LogP contribution in [0.2, 0.25) is 5.02 Å². The average Bonchev–Trinajstić information content (AvgIpc) is 2.57. The third-order valence-corrected chi connectivity index (χ3v) is 4.49. The number of anilines is 1. The summed E-state index contributed by atoms with van der Waals surface area (Å²) in [5.74, 6) is -1.12. The van der Waals surface area contributed by atoms with Crippen molar-refractivity contribution in [2.24, 2.45) is 5.92 Å². The number of nitrogens with two attached hydrogens (primary N) is 1. The largest absolute Gasteiger partial charge is 0.452 e. The highest BCUT2D eigenvalue weighted by molar-refractivity contribution is 6.31. The van der Waals surface area contributed by atoms with Gasteiger partial charge in [0.05, 0.1) is 5.56 Å². The number of esters is 1. The predicted octanol–water partition coefficient (Wildman–Crippen LogP) is 2.48. The molecule has 2 rings (SSSR count). The number of carbonyl (C=O) groups is 3. The second-order valence-electron chi connectivity index (χ2n) is 6.20. The predicted molar refractivity (Wildman–Crippen MR) is 94.2 cm³/mol. The molecule has 0 aromatic heterocycles. The van der Waals surface area contributed by atoms with Crippen molar-refractivity contribution >= 4 is 35.2 Å². The van der Waals surface area contributed by atoms with Crippen LogP contribution in [-0.2, 0) is 9.53 Å². The molecule has 1 fully saturated rings. The number of nitrogen functional groups attached to an aromatic ring is 1. The van der Waals surface area contributed by atoms with Crippen molar-refractivity contribution in [3.8, 4) is 0 Å². The van der Waals surface area contributed by atoms with Crippen LogP contribution < -0.4 is 16.4 Å². The summed E-state index contributed by atoms with van der Waals surface area (Å²) in [5.41, 5.74) is 5.93. The van der Waals surface area contributed by atoms with E-state index in [9.17, 15) is 14.4 Å². The molecule has 25 heavy (non-hydrogen) atoms. The average molecular weight is 368 g/mol. The topological polar surface area (TPSA) is 111 Å². The number of imide groups is 1. The lowest BCUT2D eigenvalue weighted by Crippen LogP contribution is -2.48. The zero-order valence-corrected chi connectivity index (χ0v) is 14.8. The lowest BCUT2D eigenvalue weighted by molar-refractivity contribution is -0.123. The number of hydrogen-bond acceptors (Lipinski definition) is 5. The van der Waals surface area contributed by atoms with Gasteiger partial charge in [-0.2, -0.15) is 0 Å². The molecule has 1 saturated carbocycles. The van der Waals surface area contributed by atoms with E-state index in [1.165, 1.54) is 18.2 Å². The van der Waals surface area contributed by atoms with Crippen molar-refractivity contribution in [2.75, 3.05) is 12.3 Å². The minimum absolute atomic E-state index is 0.0513. The Morgan fingerprint density at radius 1 is 1.28 bits per heavy atom. The van der Waals surface area contributed by atoms with Crippen LogP contribution in [0.1, 0.15) is 43.0 Å². The minimum Gasteiger partial charge on any atom is -0.452 e. The molecule has 0 bridgehead atoms. The van der Waals surface area contributed by atoms with E-state index in [2.05, 4.69) is 17.6 Å². The van der Waals surface area contributed by atoms with Crippen molar-refractivity contribution in [1.82, 2.24) is 10.6 Å². The number of benzene rings is 1. The summed E-state index contributed by atoms with van der Waals surface area (Å²) in [7, 11) is 0. The molecular weight excluding hydrogens is 346 g/mol. The van der Waals surface area contributed by atoms with E-state index in [-0.39, 0.29) is 17.3 Å². The van der Waals surface area contributed by atoms with E-state index in [0.29, 0.717) is 10.9 Å². The van der Waals surface area contributed by atoms with Crippen molar-refractivity contribution in [1.29, 1.82) is 0 Å². The minimum atomic E-state index is -0.781. The molecule has 1 aliphatic carbocycles. The summed E-state index contributed by atoms with van der Waals surface area (Å²) in [6.07, 6.45) is 4.16. The fourth-order valence-electron chi connectivity index (χ4n) is 2.81. The smallest absolute Gasteiger partial charge is 0.340 e.